The molecule has 2 amide bonds. The second kappa shape index (κ2) is 22.8. The molecule has 370 valence electrons. The topological polar surface area (TPSA) is 149 Å². The van der Waals surface area contributed by atoms with Crippen molar-refractivity contribution in [3.8, 4) is 0 Å². The fourth-order valence-corrected chi connectivity index (χ4v) is 11.5. The predicted octanol–water partition coefficient (Wildman–Crippen LogP) is 10.3. The number of thiazole rings is 1. The van der Waals surface area contributed by atoms with Crippen molar-refractivity contribution in [1.29, 1.82) is 0 Å². The Kier molecular flexibility index (Phi) is 15.7. The number of carbonyl (C=O) groups is 4. The van der Waals surface area contributed by atoms with Crippen LogP contribution in [-0.2, 0) is 45.6 Å². The minimum absolute atomic E-state index is 0.00327. The summed E-state index contributed by atoms with van der Waals surface area (Å²) >= 11 is 2.65. The highest BCUT2D eigenvalue weighted by Gasteiger charge is 2.55. The first-order valence-electron chi connectivity index (χ1n) is 22.8. The van der Waals surface area contributed by atoms with Crippen LogP contribution >= 0.6 is 34.9 Å². The first-order chi connectivity index (χ1) is 35.5. The number of anilines is 1. The van der Waals surface area contributed by atoms with Gasteiger partial charge >= 0.3 is 18.1 Å². The fraction of sp³-hybridized carbons (Fsp3) is 0.164. The fourth-order valence-electron chi connectivity index (χ4n) is 8.33. The number of fused-ring (bicyclic) bond motifs is 1. The average Bonchev–Trinajstić information content (AvgIpc) is 3.89. The number of nitrogens with one attached hydrogen (secondary N) is 2. The third kappa shape index (κ3) is 11.7. The van der Waals surface area contributed by atoms with E-state index in [1.807, 2.05) is 97.1 Å². The van der Waals surface area contributed by atoms with Crippen molar-refractivity contribution >= 4 is 69.5 Å². The zero-order valence-corrected chi connectivity index (χ0v) is 41.0. The van der Waals surface area contributed by atoms with Crippen LogP contribution in [0.2, 0.25) is 0 Å². The molecule has 0 radical (unpaired) electrons. The van der Waals surface area contributed by atoms with Gasteiger partial charge in [-0.2, -0.15) is 13.2 Å². The number of hydrogen-bond acceptors (Lipinski definition) is 13. The van der Waals surface area contributed by atoms with E-state index in [9.17, 15) is 32.3 Å². The number of oxime groups is 1. The molecule has 2 aliphatic rings. The van der Waals surface area contributed by atoms with Crippen molar-refractivity contribution in [2.24, 2.45) is 5.16 Å². The van der Waals surface area contributed by atoms with Crippen LogP contribution in [-0.4, -0.2) is 75.1 Å². The molecule has 2 aliphatic heterocycles. The molecule has 3 heterocycles. The van der Waals surface area contributed by atoms with Crippen molar-refractivity contribution < 1.29 is 46.7 Å². The number of β-lactam (4-membered cyclic amide) rings is 1. The molecule has 1 saturated heterocycles. The molecule has 12 nitrogen and oxygen atoms in total. The summed E-state index contributed by atoms with van der Waals surface area (Å²) in [5.41, 5.74) is 2.88. The Morgan fingerprint density at radius 3 is 1.81 bits per heavy atom. The van der Waals surface area contributed by atoms with Gasteiger partial charge in [0.05, 0.1) is 5.75 Å². The SMILES string of the molecule is O=C(CO/N=C(\C(=O)N[C@@H]1C(=O)N2C(C(=O)OC(c3ccccc3)c3ccccc3)=C(SCC(F)(F)F)CS[C@H]12)c1csc(NC(c2ccccc2)(c2ccccc2)c2ccccc2)n1)OCc1ccccc1. The molecule has 2 atom stereocenters. The summed E-state index contributed by atoms with van der Waals surface area (Å²) in [6.07, 6.45) is -5.56. The van der Waals surface area contributed by atoms with E-state index in [0.29, 0.717) is 28.0 Å². The number of benzene rings is 6. The highest BCUT2D eigenvalue weighted by atomic mass is 32.2. The standard InChI is InChI=1S/C55H44F3N5O7S3/c56-54(57,58)35-73-43-34-71-51-46(50(66)63(51)47(43)52(67)70-48(37-21-9-2-10-22-37)38-23-11-3-12-24-38)60-49(65)45(62-69-32-44(64)68-31-36-19-7-1-8-20-36)42-33-72-53(59-42)61-55(39-25-13-4-14-26-39,40-27-15-5-16-28-40)41-29-17-6-18-30-41/h1-30,33,46,48,51H,31-32,34-35H2,(H,59,61)(H,60,65)/b62-45-/t46-,51-/m1/s1. The Hall–Kier alpha value is -7.67. The van der Waals surface area contributed by atoms with Gasteiger partial charge in [0.15, 0.2) is 16.9 Å². The molecule has 73 heavy (non-hydrogen) atoms. The monoisotopic (exact) mass is 1040 g/mol. The van der Waals surface area contributed by atoms with Crippen LogP contribution in [0.5, 0.6) is 0 Å². The van der Waals surface area contributed by atoms with Gasteiger partial charge in [-0.05, 0) is 33.4 Å². The number of hydrogen-bond donors (Lipinski definition) is 2. The number of amides is 2. The lowest BCUT2D eigenvalue weighted by atomic mass is 9.77. The van der Waals surface area contributed by atoms with E-state index in [0.717, 1.165) is 38.9 Å². The molecule has 2 N–H and O–H groups in total. The summed E-state index contributed by atoms with van der Waals surface area (Å²) in [5.74, 6) is -4.91. The van der Waals surface area contributed by atoms with Crippen LogP contribution < -0.4 is 10.6 Å². The summed E-state index contributed by atoms with van der Waals surface area (Å²) in [7, 11) is 0. The summed E-state index contributed by atoms with van der Waals surface area (Å²) in [5, 5.41) is 11.5. The third-order valence-electron chi connectivity index (χ3n) is 11.7. The van der Waals surface area contributed by atoms with Crippen LogP contribution in [0.4, 0.5) is 18.3 Å². The molecule has 18 heteroatoms. The number of halogens is 3. The van der Waals surface area contributed by atoms with Crippen LogP contribution in [0.1, 0.15) is 45.2 Å². The van der Waals surface area contributed by atoms with Crippen molar-refractivity contribution in [3.63, 3.8) is 0 Å². The molecule has 0 aliphatic carbocycles. The summed E-state index contributed by atoms with van der Waals surface area (Å²) in [6.45, 7) is -0.722. The molecular formula is C55H44F3N5O7S3. The molecule has 0 spiro atoms. The van der Waals surface area contributed by atoms with Gasteiger partial charge in [-0.15, -0.1) is 34.9 Å². The first-order valence-corrected chi connectivity index (χ1v) is 25.7. The number of alkyl halides is 3. The largest absolute Gasteiger partial charge is 0.458 e. The minimum atomic E-state index is -4.59. The van der Waals surface area contributed by atoms with Gasteiger partial charge in [0, 0.05) is 16.0 Å². The zero-order chi connectivity index (χ0) is 50.8. The van der Waals surface area contributed by atoms with Crippen molar-refractivity contribution in [2.45, 2.75) is 35.8 Å². The quantitative estimate of drug-likeness (QED) is 0.0262. The highest BCUT2D eigenvalue weighted by molar-refractivity contribution is 8.06. The Morgan fingerprint density at radius 2 is 1.27 bits per heavy atom. The smallest absolute Gasteiger partial charge is 0.398 e. The molecule has 0 saturated carbocycles. The van der Waals surface area contributed by atoms with E-state index < -0.39 is 71.1 Å². The molecule has 0 unspecified atom stereocenters. The minimum Gasteiger partial charge on any atom is -0.458 e. The Bertz CT molecular complexity index is 2960. The van der Waals surface area contributed by atoms with E-state index >= 15 is 0 Å². The maximum Gasteiger partial charge on any atom is 0.398 e. The number of rotatable bonds is 19. The Morgan fingerprint density at radius 1 is 0.753 bits per heavy atom. The second-order valence-corrected chi connectivity index (χ2v) is 19.5. The van der Waals surface area contributed by atoms with E-state index in [1.165, 1.54) is 11.3 Å². The van der Waals surface area contributed by atoms with E-state index in [4.69, 9.17) is 19.3 Å². The summed E-state index contributed by atoms with van der Waals surface area (Å²) < 4.78 is 52.5. The van der Waals surface area contributed by atoms with Crippen molar-refractivity contribution in [2.75, 3.05) is 23.4 Å². The van der Waals surface area contributed by atoms with E-state index in [-0.39, 0.29) is 28.7 Å². The summed E-state index contributed by atoms with van der Waals surface area (Å²) in [6, 6.07) is 54.7. The summed E-state index contributed by atoms with van der Waals surface area (Å²) in [4.78, 5) is 67.4. The van der Waals surface area contributed by atoms with Gasteiger partial charge in [-0.25, -0.2) is 14.6 Å². The van der Waals surface area contributed by atoms with Gasteiger partial charge in [0.25, 0.3) is 11.8 Å². The van der Waals surface area contributed by atoms with Crippen molar-refractivity contribution in [3.05, 3.63) is 237 Å². The highest BCUT2D eigenvalue weighted by Crippen LogP contribution is 2.46. The van der Waals surface area contributed by atoms with Crippen LogP contribution in [0.15, 0.2) is 203 Å². The number of esters is 2. The van der Waals surface area contributed by atoms with Crippen LogP contribution in [0, 0.1) is 0 Å². The van der Waals surface area contributed by atoms with Gasteiger partial charge in [-0.3, -0.25) is 14.5 Å². The normalized spacial score (nSPS) is 15.8. The van der Waals surface area contributed by atoms with Gasteiger partial charge in [0.1, 0.15) is 35.0 Å². The third-order valence-corrected chi connectivity index (χ3v) is 15.1. The van der Waals surface area contributed by atoms with Crippen molar-refractivity contribution in [1.82, 2.24) is 15.2 Å². The Balaban J connectivity index is 1.01. The molecule has 9 rings (SSSR count). The van der Waals surface area contributed by atoms with Gasteiger partial charge < -0.3 is 24.9 Å². The average molecular weight is 1040 g/mol. The molecular weight excluding hydrogens is 996 g/mol. The van der Waals surface area contributed by atoms with Crippen LogP contribution in [0.3, 0.4) is 0 Å². The van der Waals surface area contributed by atoms with Gasteiger partial charge in [0.2, 0.25) is 6.61 Å². The molecule has 0 bridgehead atoms. The number of aromatic nitrogens is 1. The predicted molar refractivity (Wildman–Crippen MR) is 275 cm³/mol. The van der Waals surface area contributed by atoms with Gasteiger partial charge in [-0.1, -0.05) is 187 Å². The number of carbonyl (C=O) groups excluding carboxylic acids is 4. The molecule has 1 fully saturated rings. The Labute approximate surface area is 430 Å². The number of thioether (sulfide) groups is 2. The molecule has 1 aromatic heterocycles. The molecule has 7 aromatic rings. The van der Waals surface area contributed by atoms with E-state index in [2.05, 4.69) is 15.8 Å². The van der Waals surface area contributed by atoms with E-state index in [1.54, 1.807) is 90.3 Å². The lowest BCUT2D eigenvalue weighted by molar-refractivity contribution is -0.154. The van der Waals surface area contributed by atoms with Crippen LogP contribution in [0.25, 0.3) is 0 Å². The second-order valence-electron chi connectivity index (χ2n) is 16.5. The lowest BCUT2D eigenvalue weighted by Gasteiger charge is -2.49. The zero-order valence-electron chi connectivity index (χ0n) is 38.5. The maximum absolute atomic E-state index is 14.6. The molecule has 6 aromatic carbocycles. The maximum atomic E-state index is 14.6. The number of ether oxygens (including phenoxy) is 2. The number of nitrogens with zero attached hydrogens (tertiary/aromatic N) is 3. The first kappa shape index (κ1) is 50.3. The lowest BCUT2D eigenvalue weighted by Crippen LogP contribution is -2.71.